The molecule has 0 fully saturated rings. The van der Waals surface area contributed by atoms with E-state index in [0.29, 0.717) is 17.1 Å². The number of phosphoric ester groups is 1. The Kier molecular flexibility index (Phi) is 11.4. The van der Waals surface area contributed by atoms with Gasteiger partial charge in [-0.3, -0.25) is 0 Å². The second-order valence-corrected chi connectivity index (χ2v) is 24.0. The van der Waals surface area contributed by atoms with E-state index in [0.717, 1.165) is 50.1 Å². The van der Waals surface area contributed by atoms with Crippen LogP contribution < -0.4 is 9.05 Å². The molecule has 0 aromatic heterocycles. The van der Waals surface area contributed by atoms with Crippen LogP contribution in [-0.2, 0) is 41.6 Å². The third-order valence-electron chi connectivity index (χ3n) is 11.3. The number of carbonyl (C=O) groups is 1. The number of fused-ring (bicyclic) bond motifs is 2. The van der Waals surface area contributed by atoms with Crippen LogP contribution in [0.5, 0.6) is 17.2 Å². The van der Waals surface area contributed by atoms with E-state index >= 15 is 4.57 Å². The van der Waals surface area contributed by atoms with Crippen molar-refractivity contribution in [3.8, 4) is 28.4 Å². The molecule has 1 aliphatic rings. The molecule has 58 heavy (non-hydrogen) atoms. The van der Waals surface area contributed by atoms with Crippen molar-refractivity contribution in [2.24, 2.45) is 0 Å². The topological polar surface area (TPSA) is 82.1 Å². The Morgan fingerprint density at radius 2 is 0.948 bits per heavy atom. The minimum Gasteiger partial charge on any atom is -0.507 e. The Balaban J connectivity index is 1.84. The van der Waals surface area contributed by atoms with Crippen molar-refractivity contribution in [2.45, 2.75) is 170 Å². The van der Waals surface area contributed by atoms with Gasteiger partial charge in [-0.25, -0.2) is 4.79 Å². The van der Waals surface area contributed by atoms with Crippen LogP contribution in [0, 0.1) is 0 Å². The first-order valence-electron chi connectivity index (χ1n) is 20.7. The summed E-state index contributed by atoms with van der Waals surface area (Å²) in [6.07, 6.45) is 0. The van der Waals surface area contributed by atoms with Crippen molar-refractivity contribution in [3.05, 3.63) is 111 Å². The highest BCUT2D eigenvalue weighted by molar-refractivity contribution is 7.50. The molecule has 0 saturated carbocycles. The Hall–Kier alpha value is -4.02. The molecule has 6 nitrogen and oxygen atoms in total. The molecule has 0 atom stereocenters. The van der Waals surface area contributed by atoms with Crippen molar-refractivity contribution in [1.82, 2.24) is 0 Å². The van der Waals surface area contributed by atoms with Gasteiger partial charge in [0.05, 0.1) is 5.56 Å². The van der Waals surface area contributed by atoms with Crippen molar-refractivity contribution >= 4 is 13.8 Å². The summed E-state index contributed by atoms with van der Waals surface area (Å²) in [6, 6.07) is 19.5. The predicted octanol–water partition coefficient (Wildman–Crippen LogP) is 14.7. The van der Waals surface area contributed by atoms with Gasteiger partial charge in [0.2, 0.25) is 0 Å². The van der Waals surface area contributed by atoms with Gasteiger partial charge >= 0.3 is 13.8 Å². The summed E-state index contributed by atoms with van der Waals surface area (Å²) in [4.78, 5) is 14.8. The fraction of sp³-hybridized carbons (Fsp3) is 0.510. The van der Waals surface area contributed by atoms with E-state index in [1.54, 1.807) is 24.3 Å². The zero-order valence-electron chi connectivity index (χ0n) is 38.8. The molecule has 0 saturated heterocycles. The fourth-order valence-corrected chi connectivity index (χ4v) is 8.92. The largest absolute Gasteiger partial charge is 0.649 e. The van der Waals surface area contributed by atoms with Crippen LogP contribution >= 0.6 is 7.82 Å². The summed E-state index contributed by atoms with van der Waals surface area (Å²) in [5, 5.41) is 11.1. The molecule has 1 aliphatic heterocycles. The molecule has 0 aliphatic carbocycles. The quantitative estimate of drug-likeness (QED) is 0.208. The highest BCUT2D eigenvalue weighted by Gasteiger charge is 2.45. The minimum absolute atomic E-state index is 0.148. The molecule has 0 unspecified atom stereocenters. The van der Waals surface area contributed by atoms with E-state index < -0.39 is 35.5 Å². The molecular weight excluding hydrogens is 740 g/mol. The first-order chi connectivity index (χ1) is 26.1. The van der Waals surface area contributed by atoms with Crippen LogP contribution in [0.2, 0.25) is 0 Å². The summed E-state index contributed by atoms with van der Waals surface area (Å²) in [5.41, 5.74) is 6.90. The van der Waals surface area contributed by atoms with Crippen molar-refractivity contribution in [2.75, 3.05) is 0 Å². The molecule has 0 bridgehead atoms. The van der Waals surface area contributed by atoms with Gasteiger partial charge < -0.3 is 18.7 Å². The van der Waals surface area contributed by atoms with Crippen LogP contribution in [-0.4, -0.2) is 11.1 Å². The SMILES string of the molecule is CC1c2cc(C(C)(C)C)cc(C(C)(C)C)c2OP(=O)(OC(=O)c2cc(C(C)(C)C)c(-c3ccccc3O)c(C(C)(C)C)c2)Oc2c1cc(C(C)(C)C)cc2C(C)(C)C. The molecule has 0 amide bonds. The molecule has 314 valence electrons. The van der Waals surface area contributed by atoms with E-state index in [1.165, 1.54) is 0 Å². The second kappa shape index (κ2) is 14.6. The first-order valence-corrected chi connectivity index (χ1v) is 22.2. The second-order valence-electron chi connectivity index (χ2n) is 22.6. The molecule has 0 spiro atoms. The Bertz CT molecular complexity index is 2160. The van der Waals surface area contributed by atoms with Crippen molar-refractivity contribution in [1.29, 1.82) is 0 Å². The average Bonchev–Trinajstić information content (AvgIpc) is 3.04. The summed E-state index contributed by atoms with van der Waals surface area (Å²) in [6.45, 7) is 40.4. The van der Waals surface area contributed by atoms with Gasteiger partial charge in [-0.2, -0.15) is 4.57 Å². The smallest absolute Gasteiger partial charge is 0.507 e. The van der Waals surface area contributed by atoms with Gasteiger partial charge in [0.15, 0.2) is 0 Å². The number of carbonyl (C=O) groups excluding carboxylic acids is 1. The van der Waals surface area contributed by atoms with E-state index in [-0.39, 0.29) is 28.1 Å². The number of aromatic hydroxyl groups is 1. The highest BCUT2D eigenvalue weighted by Crippen LogP contribution is 2.60. The maximum absolute atomic E-state index is 15.7. The van der Waals surface area contributed by atoms with Crippen molar-refractivity contribution < 1.29 is 28.0 Å². The number of rotatable bonds is 3. The number of para-hydroxylation sites is 1. The maximum atomic E-state index is 15.7. The summed E-state index contributed by atoms with van der Waals surface area (Å²) in [5.74, 6) is -0.0865. The molecule has 5 rings (SSSR count). The summed E-state index contributed by atoms with van der Waals surface area (Å²) >= 11 is 0. The first kappa shape index (κ1) is 45.1. The predicted molar refractivity (Wildman–Crippen MR) is 240 cm³/mol. The number of hydrogen-bond acceptors (Lipinski definition) is 6. The van der Waals surface area contributed by atoms with E-state index in [4.69, 9.17) is 13.6 Å². The van der Waals surface area contributed by atoms with Crippen LogP contribution in [0.3, 0.4) is 0 Å². The summed E-state index contributed by atoms with van der Waals surface area (Å²) in [7, 11) is -4.78. The van der Waals surface area contributed by atoms with Gasteiger partial charge in [-0.15, -0.1) is 0 Å². The Morgan fingerprint density at radius 1 is 0.569 bits per heavy atom. The van der Waals surface area contributed by atoms with E-state index in [1.807, 2.05) is 12.1 Å². The molecular formula is C51H69O6P. The molecule has 0 radical (unpaired) electrons. The van der Waals surface area contributed by atoms with Gasteiger partial charge in [0.1, 0.15) is 17.2 Å². The normalized spacial score (nSPS) is 17.9. The third kappa shape index (κ3) is 9.08. The van der Waals surface area contributed by atoms with Gasteiger partial charge in [-0.05, 0) is 78.5 Å². The van der Waals surface area contributed by atoms with Gasteiger partial charge in [0.25, 0.3) is 0 Å². The lowest BCUT2D eigenvalue weighted by Crippen LogP contribution is -2.25. The van der Waals surface area contributed by atoms with Crippen LogP contribution in [0.25, 0.3) is 11.1 Å². The molecule has 1 heterocycles. The lowest BCUT2D eigenvalue weighted by molar-refractivity contribution is 0.0686. The number of phenolic OH excluding ortho intramolecular Hbond substituents is 1. The van der Waals surface area contributed by atoms with Crippen LogP contribution in [0.4, 0.5) is 0 Å². The number of benzene rings is 4. The fourth-order valence-electron chi connectivity index (χ4n) is 7.65. The molecule has 4 aromatic rings. The van der Waals surface area contributed by atoms with E-state index in [9.17, 15) is 9.90 Å². The summed E-state index contributed by atoms with van der Waals surface area (Å²) < 4.78 is 35.3. The lowest BCUT2D eigenvalue weighted by atomic mass is 9.73. The standard InChI is InChI=1S/C51H69O6P/c1-30-35-26-32(46(2,3)4)28-39(50(14,15)16)43(35)55-58(54,56-44-36(30)27-33(47(5,6)7)29-40(44)51(17,18)19)57-45(53)31-24-37(48(8,9)10)42(38(25-31)49(11,12)13)34-22-20-21-23-41(34)52/h20-30,52H,1-19H3. The average molecular weight is 809 g/mol. The highest BCUT2D eigenvalue weighted by atomic mass is 31.2. The van der Waals surface area contributed by atoms with Crippen molar-refractivity contribution in [3.63, 3.8) is 0 Å². The number of phosphoric acid groups is 1. The Labute approximate surface area is 349 Å². The van der Waals surface area contributed by atoms with Gasteiger partial charge in [-0.1, -0.05) is 174 Å². The van der Waals surface area contributed by atoms with E-state index in [2.05, 4.69) is 156 Å². The van der Waals surface area contributed by atoms with Crippen LogP contribution in [0.1, 0.15) is 192 Å². The molecule has 7 heteroatoms. The third-order valence-corrected chi connectivity index (χ3v) is 12.5. The molecule has 4 aromatic carbocycles. The van der Waals surface area contributed by atoms with Gasteiger partial charge in [0, 0.05) is 33.7 Å². The zero-order chi connectivity index (χ0) is 43.9. The zero-order valence-corrected chi connectivity index (χ0v) is 39.7. The Morgan fingerprint density at radius 3 is 1.29 bits per heavy atom. The maximum Gasteiger partial charge on any atom is 0.649 e. The monoisotopic (exact) mass is 808 g/mol. The minimum atomic E-state index is -4.78. The number of hydrogen-bond donors (Lipinski definition) is 1. The molecule has 1 N–H and O–H groups in total. The number of phenols is 1. The van der Waals surface area contributed by atoms with Crippen LogP contribution in [0.15, 0.2) is 60.7 Å². The lowest BCUT2D eigenvalue weighted by Gasteiger charge is -2.36.